The first-order chi connectivity index (χ1) is 11.0. The third kappa shape index (κ3) is 3.56. The number of ether oxygens (including phenoxy) is 2. The molecule has 1 unspecified atom stereocenters. The Labute approximate surface area is 135 Å². The van der Waals surface area contributed by atoms with Crippen LogP contribution in [0.3, 0.4) is 0 Å². The molecule has 4 nitrogen and oxygen atoms in total. The second kappa shape index (κ2) is 6.45. The lowest BCUT2D eigenvalue weighted by atomic mass is 10.2. The highest BCUT2D eigenvalue weighted by Gasteiger charge is 2.18. The van der Waals surface area contributed by atoms with Gasteiger partial charge in [0.05, 0.1) is 5.25 Å². The van der Waals surface area contributed by atoms with Gasteiger partial charge in [0.25, 0.3) is 0 Å². The van der Waals surface area contributed by atoms with Gasteiger partial charge in [-0.25, -0.2) is 8.78 Å². The van der Waals surface area contributed by atoms with Crippen LogP contribution in [0.5, 0.6) is 11.5 Å². The van der Waals surface area contributed by atoms with Crippen molar-refractivity contribution in [1.82, 2.24) is 0 Å². The Bertz CT molecular complexity index is 754. The van der Waals surface area contributed by atoms with E-state index in [1.165, 1.54) is 6.07 Å². The summed E-state index contributed by atoms with van der Waals surface area (Å²) >= 11 is 1.14. The van der Waals surface area contributed by atoms with Crippen molar-refractivity contribution in [1.29, 1.82) is 0 Å². The Morgan fingerprint density at radius 3 is 2.70 bits per heavy atom. The SMILES string of the molecule is CC(Sc1ccc(F)c(F)c1)C(=O)Nc1ccc2c(c1)OCO2. The monoisotopic (exact) mass is 337 g/mol. The number of thioether (sulfide) groups is 1. The van der Waals surface area contributed by atoms with E-state index in [9.17, 15) is 13.6 Å². The molecule has 0 radical (unpaired) electrons. The van der Waals surface area contributed by atoms with Crippen molar-refractivity contribution in [2.45, 2.75) is 17.1 Å². The molecule has 1 N–H and O–H groups in total. The summed E-state index contributed by atoms with van der Waals surface area (Å²) in [6.07, 6.45) is 0. The summed E-state index contributed by atoms with van der Waals surface area (Å²) in [4.78, 5) is 12.7. The summed E-state index contributed by atoms with van der Waals surface area (Å²) in [5, 5.41) is 2.27. The van der Waals surface area contributed by atoms with Crippen molar-refractivity contribution in [3.8, 4) is 11.5 Å². The maximum atomic E-state index is 13.2. The van der Waals surface area contributed by atoms with Crippen molar-refractivity contribution in [3.63, 3.8) is 0 Å². The quantitative estimate of drug-likeness (QED) is 0.862. The Balaban J connectivity index is 1.64. The first-order valence-corrected chi connectivity index (χ1v) is 7.73. The van der Waals surface area contributed by atoms with E-state index in [2.05, 4.69) is 5.32 Å². The smallest absolute Gasteiger partial charge is 0.237 e. The first kappa shape index (κ1) is 15.6. The van der Waals surface area contributed by atoms with Crippen LogP contribution in [0.15, 0.2) is 41.3 Å². The van der Waals surface area contributed by atoms with Crippen LogP contribution in [-0.2, 0) is 4.79 Å². The maximum absolute atomic E-state index is 13.2. The van der Waals surface area contributed by atoms with Gasteiger partial charge in [-0.3, -0.25) is 4.79 Å². The molecule has 1 aliphatic heterocycles. The molecule has 0 aromatic heterocycles. The standard InChI is InChI=1S/C16H13F2NO3S/c1-9(23-11-3-4-12(17)13(18)7-11)16(20)19-10-2-5-14-15(6-10)22-8-21-14/h2-7,9H,8H2,1H3,(H,19,20). The van der Waals surface area contributed by atoms with Crippen LogP contribution >= 0.6 is 11.8 Å². The topological polar surface area (TPSA) is 47.6 Å². The summed E-state index contributed by atoms with van der Waals surface area (Å²) in [7, 11) is 0. The van der Waals surface area contributed by atoms with Crippen molar-refractivity contribution < 1.29 is 23.0 Å². The predicted octanol–water partition coefficient (Wildman–Crippen LogP) is 3.81. The summed E-state index contributed by atoms with van der Waals surface area (Å²) in [5.74, 6) is -0.889. The van der Waals surface area contributed by atoms with Crippen molar-refractivity contribution in [3.05, 3.63) is 48.0 Å². The van der Waals surface area contributed by atoms with E-state index in [1.54, 1.807) is 25.1 Å². The average Bonchev–Trinajstić information content (AvgIpc) is 2.98. The van der Waals surface area contributed by atoms with Crippen molar-refractivity contribution in [2.75, 3.05) is 12.1 Å². The highest BCUT2D eigenvalue weighted by Crippen LogP contribution is 2.34. The predicted molar refractivity (Wildman–Crippen MR) is 82.9 cm³/mol. The second-order valence-electron chi connectivity index (χ2n) is 4.89. The second-order valence-corrected chi connectivity index (χ2v) is 6.31. The zero-order valence-corrected chi connectivity index (χ0v) is 13.0. The first-order valence-electron chi connectivity index (χ1n) is 6.85. The highest BCUT2D eigenvalue weighted by atomic mass is 32.2. The minimum Gasteiger partial charge on any atom is -0.454 e. The molecule has 120 valence electrons. The molecular weight excluding hydrogens is 324 g/mol. The van der Waals surface area contributed by atoms with Gasteiger partial charge in [-0.05, 0) is 37.3 Å². The number of halogens is 2. The lowest BCUT2D eigenvalue weighted by Gasteiger charge is -2.12. The number of anilines is 1. The molecule has 1 aliphatic rings. The van der Waals surface area contributed by atoms with Crippen molar-refractivity contribution in [2.24, 2.45) is 0 Å². The molecule has 2 aromatic rings. The third-order valence-electron chi connectivity index (χ3n) is 3.21. The van der Waals surface area contributed by atoms with E-state index >= 15 is 0 Å². The van der Waals surface area contributed by atoms with Gasteiger partial charge in [-0.15, -0.1) is 11.8 Å². The number of benzene rings is 2. The van der Waals surface area contributed by atoms with E-state index in [-0.39, 0.29) is 12.7 Å². The number of rotatable bonds is 4. The Morgan fingerprint density at radius 1 is 1.13 bits per heavy atom. The molecular formula is C16H13F2NO3S. The minimum atomic E-state index is -0.932. The number of hydrogen-bond donors (Lipinski definition) is 1. The molecule has 0 saturated carbocycles. The van der Waals surface area contributed by atoms with Gasteiger partial charge in [0.2, 0.25) is 12.7 Å². The van der Waals surface area contributed by atoms with Crippen LogP contribution in [0, 0.1) is 11.6 Å². The fraction of sp³-hybridized carbons (Fsp3) is 0.188. The fourth-order valence-electron chi connectivity index (χ4n) is 2.03. The van der Waals surface area contributed by atoms with Gasteiger partial charge in [-0.1, -0.05) is 0 Å². The minimum absolute atomic E-state index is 0.162. The molecule has 3 rings (SSSR count). The molecule has 0 bridgehead atoms. The number of hydrogen-bond acceptors (Lipinski definition) is 4. The van der Waals surface area contributed by atoms with Gasteiger partial charge in [0.15, 0.2) is 23.1 Å². The lowest BCUT2D eigenvalue weighted by Crippen LogP contribution is -2.22. The van der Waals surface area contributed by atoms with Crippen LogP contribution in [0.25, 0.3) is 0 Å². The molecule has 0 spiro atoms. The van der Waals surface area contributed by atoms with E-state index in [0.717, 1.165) is 23.9 Å². The zero-order chi connectivity index (χ0) is 16.4. The van der Waals surface area contributed by atoms with Gasteiger partial charge >= 0.3 is 0 Å². The van der Waals surface area contributed by atoms with Crippen LogP contribution in [0.4, 0.5) is 14.5 Å². The largest absolute Gasteiger partial charge is 0.454 e. The molecule has 0 fully saturated rings. The number of nitrogens with one attached hydrogen (secondary N) is 1. The maximum Gasteiger partial charge on any atom is 0.237 e. The highest BCUT2D eigenvalue weighted by molar-refractivity contribution is 8.00. The summed E-state index contributed by atoms with van der Waals surface area (Å²) in [5.41, 5.74) is 0.581. The zero-order valence-electron chi connectivity index (χ0n) is 12.1. The van der Waals surface area contributed by atoms with Gasteiger partial charge in [0, 0.05) is 16.6 Å². The molecule has 0 aliphatic carbocycles. The Morgan fingerprint density at radius 2 is 1.91 bits per heavy atom. The number of amides is 1. The third-order valence-corrected chi connectivity index (χ3v) is 4.31. The molecule has 1 heterocycles. The lowest BCUT2D eigenvalue weighted by molar-refractivity contribution is -0.115. The number of carbonyl (C=O) groups excluding carboxylic acids is 1. The Hall–Kier alpha value is -2.28. The molecule has 1 atom stereocenters. The van der Waals surface area contributed by atoms with Gasteiger partial charge < -0.3 is 14.8 Å². The molecule has 2 aromatic carbocycles. The van der Waals surface area contributed by atoms with Crippen LogP contribution < -0.4 is 14.8 Å². The van der Waals surface area contributed by atoms with Crippen LogP contribution in [0.1, 0.15) is 6.92 Å². The van der Waals surface area contributed by atoms with E-state index in [1.807, 2.05) is 0 Å². The summed E-state index contributed by atoms with van der Waals surface area (Å²) in [6, 6.07) is 8.65. The van der Waals surface area contributed by atoms with Crippen LogP contribution in [0.2, 0.25) is 0 Å². The Kier molecular flexibility index (Phi) is 4.38. The van der Waals surface area contributed by atoms with E-state index in [4.69, 9.17) is 9.47 Å². The summed E-state index contributed by atoms with van der Waals surface area (Å²) in [6.45, 7) is 1.85. The van der Waals surface area contributed by atoms with E-state index < -0.39 is 16.9 Å². The van der Waals surface area contributed by atoms with Crippen LogP contribution in [-0.4, -0.2) is 18.0 Å². The van der Waals surface area contributed by atoms with E-state index in [0.29, 0.717) is 22.1 Å². The van der Waals surface area contributed by atoms with Gasteiger partial charge in [0.1, 0.15) is 0 Å². The number of carbonyl (C=O) groups is 1. The molecule has 1 amide bonds. The van der Waals surface area contributed by atoms with Crippen molar-refractivity contribution >= 4 is 23.4 Å². The van der Waals surface area contributed by atoms with Gasteiger partial charge in [-0.2, -0.15) is 0 Å². The molecule has 0 saturated heterocycles. The fourth-order valence-corrected chi connectivity index (χ4v) is 2.92. The normalized spacial score (nSPS) is 13.7. The summed E-state index contributed by atoms with van der Waals surface area (Å²) < 4.78 is 36.5. The number of fused-ring (bicyclic) bond motifs is 1. The molecule has 23 heavy (non-hydrogen) atoms. The molecule has 7 heteroatoms. The average molecular weight is 337 g/mol.